The molecule has 110 valence electrons. The molecule has 1 aromatic heterocycles. The highest BCUT2D eigenvalue weighted by molar-refractivity contribution is 9.10. The second-order valence-corrected chi connectivity index (χ2v) is 6.24. The van der Waals surface area contributed by atoms with Gasteiger partial charge in [-0.05, 0) is 34.8 Å². The first-order chi connectivity index (χ1) is 9.74. The number of ether oxygens (including phenoxy) is 1. The van der Waals surface area contributed by atoms with Crippen molar-refractivity contribution in [1.82, 2.24) is 9.88 Å². The van der Waals surface area contributed by atoms with Crippen LogP contribution in [0.3, 0.4) is 0 Å². The fraction of sp³-hybridized carbons (Fsp3) is 0.643. The van der Waals surface area contributed by atoms with Crippen molar-refractivity contribution >= 4 is 21.7 Å². The van der Waals surface area contributed by atoms with Crippen molar-refractivity contribution in [3.63, 3.8) is 0 Å². The molecule has 0 N–H and O–H groups in total. The quantitative estimate of drug-likeness (QED) is 0.823. The molecule has 3 heterocycles. The van der Waals surface area contributed by atoms with Crippen LogP contribution in [0.4, 0.5) is 10.2 Å². The largest absolute Gasteiger partial charge is 0.379 e. The Labute approximate surface area is 127 Å². The van der Waals surface area contributed by atoms with Gasteiger partial charge in [-0.3, -0.25) is 4.90 Å². The number of hydrogen-bond donors (Lipinski definition) is 0. The second kappa shape index (κ2) is 6.37. The average molecular weight is 344 g/mol. The first-order valence-corrected chi connectivity index (χ1v) is 7.91. The van der Waals surface area contributed by atoms with E-state index in [0.29, 0.717) is 16.3 Å². The topological polar surface area (TPSA) is 28.6 Å². The van der Waals surface area contributed by atoms with Crippen LogP contribution in [0, 0.1) is 5.82 Å². The molecule has 0 saturated carbocycles. The lowest BCUT2D eigenvalue weighted by Gasteiger charge is -2.40. The van der Waals surface area contributed by atoms with Gasteiger partial charge in [0.2, 0.25) is 0 Å². The second-order valence-electron chi connectivity index (χ2n) is 5.33. The Morgan fingerprint density at radius 3 is 2.55 bits per heavy atom. The molecule has 2 aliphatic rings. The van der Waals surface area contributed by atoms with Crippen molar-refractivity contribution in [1.29, 1.82) is 0 Å². The third-order valence-electron chi connectivity index (χ3n) is 4.11. The van der Waals surface area contributed by atoms with E-state index in [-0.39, 0.29) is 5.82 Å². The van der Waals surface area contributed by atoms with Gasteiger partial charge in [0.05, 0.1) is 13.2 Å². The van der Waals surface area contributed by atoms with Crippen LogP contribution >= 0.6 is 15.9 Å². The molecular weight excluding hydrogens is 325 g/mol. The number of piperidine rings is 1. The molecule has 4 nitrogen and oxygen atoms in total. The Morgan fingerprint density at radius 1 is 1.20 bits per heavy atom. The lowest BCUT2D eigenvalue weighted by Crippen LogP contribution is -2.49. The minimum Gasteiger partial charge on any atom is -0.379 e. The summed E-state index contributed by atoms with van der Waals surface area (Å²) in [5, 5.41) is 0. The molecule has 0 aromatic carbocycles. The van der Waals surface area contributed by atoms with Crippen LogP contribution < -0.4 is 4.90 Å². The molecule has 6 heteroatoms. The molecule has 0 atom stereocenters. The predicted octanol–water partition coefficient (Wildman–Crippen LogP) is 2.28. The average Bonchev–Trinajstić information content (AvgIpc) is 2.48. The molecular formula is C14H19BrFN3O. The molecule has 0 bridgehead atoms. The van der Waals surface area contributed by atoms with Crippen LogP contribution in [-0.4, -0.2) is 55.3 Å². The highest BCUT2D eigenvalue weighted by atomic mass is 79.9. The molecule has 0 radical (unpaired) electrons. The maximum atomic E-state index is 13.9. The SMILES string of the molecule is Fc1cc(Br)cnc1N1CCC(N2CCOCC2)CC1. The highest BCUT2D eigenvalue weighted by Crippen LogP contribution is 2.25. The van der Waals surface area contributed by atoms with Gasteiger partial charge in [0.1, 0.15) is 0 Å². The number of aromatic nitrogens is 1. The van der Waals surface area contributed by atoms with Gasteiger partial charge in [0, 0.05) is 42.9 Å². The summed E-state index contributed by atoms with van der Waals surface area (Å²) in [6.07, 6.45) is 3.79. The van der Waals surface area contributed by atoms with E-state index in [4.69, 9.17) is 4.74 Å². The molecule has 2 saturated heterocycles. The summed E-state index contributed by atoms with van der Waals surface area (Å²) in [6.45, 7) is 5.46. The number of anilines is 1. The van der Waals surface area contributed by atoms with Crippen LogP contribution in [0.1, 0.15) is 12.8 Å². The van der Waals surface area contributed by atoms with Crippen molar-refractivity contribution < 1.29 is 9.13 Å². The lowest BCUT2D eigenvalue weighted by atomic mass is 10.0. The van der Waals surface area contributed by atoms with Crippen LogP contribution in [0.5, 0.6) is 0 Å². The molecule has 0 spiro atoms. The minimum atomic E-state index is -0.246. The van der Waals surface area contributed by atoms with Gasteiger partial charge in [-0.2, -0.15) is 0 Å². The molecule has 2 fully saturated rings. The van der Waals surface area contributed by atoms with E-state index in [9.17, 15) is 4.39 Å². The van der Waals surface area contributed by atoms with Gasteiger partial charge in [0.15, 0.2) is 11.6 Å². The standard InChI is InChI=1S/C14H19BrFN3O/c15-11-9-13(16)14(17-10-11)19-3-1-12(2-4-19)18-5-7-20-8-6-18/h9-10,12H,1-8H2. The van der Waals surface area contributed by atoms with Crippen molar-refractivity contribution in [2.45, 2.75) is 18.9 Å². The van der Waals surface area contributed by atoms with Crippen molar-refractivity contribution in [3.8, 4) is 0 Å². The third kappa shape index (κ3) is 3.13. The Kier molecular flexibility index (Phi) is 4.53. The van der Waals surface area contributed by atoms with Crippen LogP contribution in [0.15, 0.2) is 16.7 Å². The molecule has 1 aromatic rings. The van der Waals surface area contributed by atoms with Crippen LogP contribution in [0.2, 0.25) is 0 Å². The van der Waals surface area contributed by atoms with E-state index in [1.165, 1.54) is 6.07 Å². The number of nitrogens with zero attached hydrogens (tertiary/aromatic N) is 3. The molecule has 2 aliphatic heterocycles. The summed E-state index contributed by atoms with van der Waals surface area (Å²) in [7, 11) is 0. The summed E-state index contributed by atoms with van der Waals surface area (Å²) in [4.78, 5) is 8.77. The smallest absolute Gasteiger partial charge is 0.166 e. The van der Waals surface area contributed by atoms with E-state index < -0.39 is 0 Å². The van der Waals surface area contributed by atoms with Gasteiger partial charge in [0.25, 0.3) is 0 Å². The first-order valence-electron chi connectivity index (χ1n) is 7.12. The zero-order valence-corrected chi connectivity index (χ0v) is 13.0. The predicted molar refractivity (Wildman–Crippen MR) is 79.5 cm³/mol. The third-order valence-corrected chi connectivity index (χ3v) is 4.55. The van der Waals surface area contributed by atoms with Crippen molar-refractivity contribution in [2.75, 3.05) is 44.3 Å². The van der Waals surface area contributed by atoms with E-state index in [1.807, 2.05) is 0 Å². The Bertz CT molecular complexity index is 460. The fourth-order valence-electron chi connectivity index (χ4n) is 3.03. The van der Waals surface area contributed by atoms with Crippen molar-refractivity contribution in [3.05, 3.63) is 22.6 Å². The number of halogens is 2. The number of hydrogen-bond acceptors (Lipinski definition) is 4. The van der Waals surface area contributed by atoms with E-state index in [0.717, 1.165) is 52.2 Å². The molecule has 0 aliphatic carbocycles. The Hall–Kier alpha value is -0.720. The summed E-state index contributed by atoms with van der Waals surface area (Å²) in [5.74, 6) is 0.234. The normalized spacial score (nSPS) is 22.2. The highest BCUT2D eigenvalue weighted by Gasteiger charge is 2.27. The summed E-state index contributed by atoms with van der Waals surface area (Å²) >= 11 is 3.24. The molecule has 3 rings (SSSR count). The molecule has 0 amide bonds. The molecule has 0 unspecified atom stereocenters. The van der Waals surface area contributed by atoms with Gasteiger partial charge in [-0.15, -0.1) is 0 Å². The number of morpholine rings is 1. The summed E-state index contributed by atoms with van der Waals surface area (Å²) in [6, 6.07) is 2.09. The van der Waals surface area contributed by atoms with Gasteiger partial charge in [-0.25, -0.2) is 9.37 Å². The summed E-state index contributed by atoms with van der Waals surface area (Å²) < 4.78 is 20.0. The number of pyridine rings is 1. The van der Waals surface area contributed by atoms with E-state index >= 15 is 0 Å². The Morgan fingerprint density at radius 2 is 1.90 bits per heavy atom. The first kappa shape index (κ1) is 14.2. The van der Waals surface area contributed by atoms with Gasteiger partial charge in [-0.1, -0.05) is 0 Å². The zero-order chi connectivity index (χ0) is 13.9. The number of rotatable bonds is 2. The van der Waals surface area contributed by atoms with E-state index in [1.54, 1.807) is 6.20 Å². The van der Waals surface area contributed by atoms with E-state index in [2.05, 4.69) is 30.7 Å². The lowest BCUT2D eigenvalue weighted by molar-refractivity contribution is 0.0114. The van der Waals surface area contributed by atoms with Crippen LogP contribution in [0.25, 0.3) is 0 Å². The maximum Gasteiger partial charge on any atom is 0.166 e. The van der Waals surface area contributed by atoms with Crippen molar-refractivity contribution in [2.24, 2.45) is 0 Å². The maximum absolute atomic E-state index is 13.9. The van der Waals surface area contributed by atoms with Gasteiger partial charge < -0.3 is 9.64 Å². The monoisotopic (exact) mass is 343 g/mol. The zero-order valence-electron chi connectivity index (χ0n) is 11.4. The van der Waals surface area contributed by atoms with Gasteiger partial charge >= 0.3 is 0 Å². The van der Waals surface area contributed by atoms with Crippen LogP contribution in [-0.2, 0) is 4.74 Å². The molecule has 20 heavy (non-hydrogen) atoms. The Balaban J connectivity index is 1.60. The fourth-order valence-corrected chi connectivity index (χ4v) is 3.33. The minimum absolute atomic E-state index is 0.246. The summed E-state index contributed by atoms with van der Waals surface area (Å²) in [5.41, 5.74) is 0.